The minimum Gasteiger partial charge on any atom is -0.393 e. The molecule has 2 fully saturated rings. The zero-order chi connectivity index (χ0) is 16.6. The summed E-state index contributed by atoms with van der Waals surface area (Å²) in [6, 6.07) is 4.79. The Balaban J connectivity index is 1.80. The number of amides is 1. The van der Waals surface area contributed by atoms with Crippen LogP contribution >= 0.6 is 0 Å². The first kappa shape index (κ1) is 16.4. The topological polar surface area (TPSA) is 40.5 Å². The van der Waals surface area contributed by atoms with Crippen LogP contribution in [0.2, 0.25) is 0 Å². The first-order valence-electron chi connectivity index (χ1n) is 8.72. The molecule has 0 spiro atoms. The Morgan fingerprint density at radius 2 is 2.09 bits per heavy atom. The summed E-state index contributed by atoms with van der Waals surface area (Å²) in [4.78, 5) is 14.7. The molecule has 23 heavy (non-hydrogen) atoms. The third kappa shape index (κ3) is 3.27. The highest BCUT2D eigenvalue weighted by Gasteiger charge is 2.40. The van der Waals surface area contributed by atoms with Gasteiger partial charge in [0.25, 0.3) is 5.91 Å². The molecule has 1 amide bonds. The molecular formula is C19H26FNO2. The molecule has 0 radical (unpaired) electrons. The Morgan fingerprint density at radius 3 is 2.83 bits per heavy atom. The second-order valence-electron chi connectivity index (χ2n) is 7.32. The standard InChI is InChI=1S/C19H26FNO2/c1-12-5-8-18(22)15(10-12)17-4-3-9-21(17)19(23)14-7-6-13(2)16(20)11-14/h6-7,11-12,15,17-18,22H,3-5,8-10H2,1-2H3/t12-,15-,17+,18-/m0/s1. The molecule has 0 unspecified atom stereocenters. The summed E-state index contributed by atoms with van der Waals surface area (Å²) in [6.45, 7) is 4.62. The Labute approximate surface area is 137 Å². The fourth-order valence-corrected chi connectivity index (χ4v) is 4.20. The Morgan fingerprint density at radius 1 is 1.30 bits per heavy atom. The molecule has 1 aromatic carbocycles. The van der Waals surface area contributed by atoms with Crippen molar-refractivity contribution in [2.75, 3.05) is 6.54 Å². The van der Waals surface area contributed by atoms with E-state index in [0.29, 0.717) is 23.6 Å². The predicted octanol–water partition coefficient (Wildman–Crippen LogP) is 3.54. The number of carbonyl (C=O) groups is 1. The Bertz CT molecular complexity index is 589. The zero-order valence-corrected chi connectivity index (χ0v) is 14.0. The van der Waals surface area contributed by atoms with Gasteiger partial charge in [-0.3, -0.25) is 4.79 Å². The van der Waals surface area contributed by atoms with E-state index in [-0.39, 0.29) is 29.8 Å². The van der Waals surface area contributed by atoms with Crippen LogP contribution in [0.3, 0.4) is 0 Å². The van der Waals surface area contributed by atoms with Crippen molar-refractivity contribution in [3.05, 3.63) is 35.1 Å². The molecule has 1 aromatic rings. The third-order valence-corrected chi connectivity index (χ3v) is 5.60. The van der Waals surface area contributed by atoms with E-state index >= 15 is 0 Å². The van der Waals surface area contributed by atoms with Gasteiger partial charge < -0.3 is 10.0 Å². The van der Waals surface area contributed by atoms with Gasteiger partial charge in [-0.1, -0.05) is 13.0 Å². The number of nitrogens with zero attached hydrogens (tertiary/aromatic N) is 1. The Hall–Kier alpha value is -1.42. The van der Waals surface area contributed by atoms with Crippen LogP contribution in [0.15, 0.2) is 18.2 Å². The van der Waals surface area contributed by atoms with E-state index in [4.69, 9.17) is 0 Å². The molecule has 2 aliphatic rings. The second kappa shape index (κ2) is 6.60. The van der Waals surface area contributed by atoms with Gasteiger partial charge >= 0.3 is 0 Å². The predicted molar refractivity (Wildman–Crippen MR) is 87.7 cm³/mol. The SMILES string of the molecule is Cc1ccc(C(=O)N2CCC[C@@H]2[C@@H]2C[C@@H](C)CC[C@@H]2O)cc1F. The normalized spacial score (nSPS) is 31.4. The van der Waals surface area contributed by atoms with Crippen molar-refractivity contribution in [2.24, 2.45) is 11.8 Å². The summed E-state index contributed by atoms with van der Waals surface area (Å²) in [5, 5.41) is 10.4. The number of rotatable bonds is 2. The van der Waals surface area contributed by atoms with Crippen molar-refractivity contribution in [2.45, 2.75) is 58.1 Å². The number of aliphatic hydroxyl groups excluding tert-OH is 1. The van der Waals surface area contributed by atoms with Crippen molar-refractivity contribution < 1.29 is 14.3 Å². The molecular weight excluding hydrogens is 293 g/mol. The monoisotopic (exact) mass is 319 g/mol. The summed E-state index contributed by atoms with van der Waals surface area (Å²) >= 11 is 0. The highest BCUT2D eigenvalue weighted by molar-refractivity contribution is 5.94. The lowest BCUT2D eigenvalue weighted by molar-refractivity contribution is 0.00858. The van der Waals surface area contributed by atoms with Crippen LogP contribution in [0.1, 0.15) is 54.9 Å². The maximum atomic E-state index is 13.8. The van der Waals surface area contributed by atoms with E-state index in [1.54, 1.807) is 19.1 Å². The fraction of sp³-hybridized carbons (Fsp3) is 0.632. The maximum absolute atomic E-state index is 13.8. The minimum absolute atomic E-state index is 0.0876. The number of aryl methyl sites for hydroxylation is 1. The van der Waals surface area contributed by atoms with Crippen molar-refractivity contribution in [1.82, 2.24) is 4.90 Å². The lowest BCUT2D eigenvalue weighted by Gasteiger charge is -2.39. The number of carbonyl (C=O) groups excluding carboxylic acids is 1. The van der Waals surface area contributed by atoms with Gasteiger partial charge in [0, 0.05) is 24.1 Å². The van der Waals surface area contributed by atoms with E-state index in [1.165, 1.54) is 6.07 Å². The molecule has 3 rings (SSSR count). The molecule has 1 N–H and O–H groups in total. The average Bonchev–Trinajstić information content (AvgIpc) is 3.01. The lowest BCUT2D eigenvalue weighted by Crippen LogP contribution is -2.46. The number of likely N-dealkylation sites (tertiary alicyclic amines) is 1. The van der Waals surface area contributed by atoms with Gasteiger partial charge in [-0.25, -0.2) is 4.39 Å². The number of aliphatic hydroxyl groups is 1. The van der Waals surface area contributed by atoms with Crippen LogP contribution in [-0.4, -0.2) is 34.6 Å². The summed E-state index contributed by atoms with van der Waals surface area (Å²) in [7, 11) is 0. The quantitative estimate of drug-likeness (QED) is 0.906. The molecule has 1 heterocycles. The first-order chi connectivity index (χ1) is 11.0. The van der Waals surface area contributed by atoms with Gasteiger partial charge in [-0.15, -0.1) is 0 Å². The number of hydrogen-bond donors (Lipinski definition) is 1. The van der Waals surface area contributed by atoms with Crippen LogP contribution in [0.25, 0.3) is 0 Å². The summed E-state index contributed by atoms with van der Waals surface area (Å²) in [5.41, 5.74) is 0.967. The van der Waals surface area contributed by atoms with Crippen molar-refractivity contribution >= 4 is 5.91 Å². The molecule has 4 atom stereocenters. The van der Waals surface area contributed by atoms with Crippen LogP contribution in [0, 0.1) is 24.6 Å². The van der Waals surface area contributed by atoms with Crippen LogP contribution < -0.4 is 0 Å². The van der Waals surface area contributed by atoms with E-state index < -0.39 is 0 Å². The van der Waals surface area contributed by atoms with Crippen LogP contribution in [0.4, 0.5) is 4.39 Å². The largest absolute Gasteiger partial charge is 0.393 e. The van der Waals surface area contributed by atoms with E-state index in [2.05, 4.69) is 6.92 Å². The number of halogens is 1. The van der Waals surface area contributed by atoms with Gasteiger partial charge in [0.1, 0.15) is 5.82 Å². The Kier molecular flexibility index (Phi) is 4.72. The molecule has 1 aliphatic carbocycles. The van der Waals surface area contributed by atoms with Crippen molar-refractivity contribution in [1.29, 1.82) is 0 Å². The smallest absolute Gasteiger partial charge is 0.254 e. The molecule has 0 bridgehead atoms. The third-order valence-electron chi connectivity index (χ3n) is 5.60. The van der Waals surface area contributed by atoms with Crippen LogP contribution in [-0.2, 0) is 0 Å². The molecule has 3 nitrogen and oxygen atoms in total. The average molecular weight is 319 g/mol. The van der Waals surface area contributed by atoms with Crippen LogP contribution in [0.5, 0.6) is 0 Å². The first-order valence-corrected chi connectivity index (χ1v) is 8.72. The van der Waals surface area contributed by atoms with Gasteiger partial charge in [0.2, 0.25) is 0 Å². The number of hydrogen-bond acceptors (Lipinski definition) is 2. The van der Waals surface area contributed by atoms with Gasteiger partial charge in [0.15, 0.2) is 0 Å². The van der Waals surface area contributed by atoms with Gasteiger partial charge in [-0.2, -0.15) is 0 Å². The lowest BCUT2D eigenvalue weighted by atomic mass is 9.76. The fourth-order valence-electron chi connectivity index (χ4n) is 4.20. The highest BCUT2D eigenvalue weighted by Crippen LogP contribution is 2.37. The highest BCUT2D eigenvalue weighted by atomic mass is 19.1. The van der Waals surface area contributed by atoms with E-state index in [9.17, 15) is 14.3 Å². The summed E-state index contributed by atoms with van der Waals surface area (Å²) < 4.78 is 13.8. The second-order valence-corrected chi connectivity index (χ2v) is 7.32. The molecule has 4 heteroatoms. The zero-order valence-electron chi connectivity index (χ0n) is 14.0. The summed E-state index contributed by atoms with van der Waals surface area (Å²) in [5.74, 6) is 0.313. The summed E-state index contributed by atoms with van der Waals surface area (Å²) in [6.07, 6.45) is 4.43. The van der Waals surface area contributed by atoms with Crippen molar-refractivity contribution in [3.8, 4) is 0 Å². The molecule has 126 valence electrons. The molecule has 1 saturated carbocycles. The van der Waals surface area contributed by atoms with E-state index in [0.717, 1.165) is 32.1 Å². The van der Waals surface area contributed by atoms with Gasteiger partial charge in [0.05, 0.1) is 6.10 Å². The molecule has 1 aliphatic heterocycles. The molecule has 1 saturated heterocycles. The minimum atomic E-state index is -0.335. The van der Waals surface area contributed by atoms with Gasteiger partial charge in [-0.05, 0) is 62.6 Å². The number of benzene rings is 1. The molecule has 0 aromatic heterocycles. The maximum Gasteiger partial charge on any atom is 0.254 e. The van der Waals surface area contributed by atoms with Crippen molar-refractivity contribution in [3.63, 3.8) is 0 Å². The van der Waals surface area contributed by atoms with E-state index in [1.807, 2.05) is 4.90 Å².